The molecule has 1 aromatic rings. The Kier molecular flexibility index (Phi) is 5.00. The van der Waals surface area contributed by atoms with Crippen LogP contribution in [0.3, 0.4) is 0 Å². The number of morpholine rings is 1. The molecule has 0 bridgehead atoms. The molecule has 2 heterocycles. The van der Waals surface area contributed by atoms with Crippen LogP contribution >= 0.6 is 0 Å². The molecular formula is C15H26N4O2. The molecule has 21 heavy (non-hydrogen) atoms. The van der Waals surface area contributed by atoms with Crippen LogP contribution in [0.2, 0.25) is 0 Å². The number of rotatable bonds is 4. The van der Waals surface area contributed by atoms with E-state index in [0.29, 0.717) is 6.61 Å². The Morgan fingerprint density at radius 2 is 2.29 bits per heavy atom. The molecule has 1 aliphatic heterocycles. The van der Waals surface area contributed by atoms with Crippen molar-refractivity contribution in [1.82, 2.24) is 20.4 Å². The summed E-state index contributed by atoms with van der Waals surface area (Å²) in [5, 5.41) is 10.7. The third kappa shape index (κ3) is 3.63. The normalized spacial score (nSPS) is 23.9. The van der Waals surface area contributed by atoms with Crippen LogP contribution in [0.1, 0.15) is 30.8 Å². The second kappa shape index (κ2) is 6.58. The molecule has 1 aromatic heterocycles. The van der Waals surface area contributed by atoms with E-state index in [-0.39, 0.29) is 24.1 Å². The minimum atomic E-state index is -0.266. The van der Waals surface area contributed by atoms with E-state index in [4.69, 9.17) is 4.74 Å². The van der Waals surface area contributed by atoms with Crippen molar-refractivity contribution >= 4 is 5.91 Å². The van der Waals surface area contributed by atoms with Gasteiger partial charge in [-0.25, -0.2) is 0 Å². The topological polar surface area (TPSA) is 68.2 Å². The predicted octanol–water partition coefficient (Wildman–Crippen LogP) is 0.461. The minimum absolute atomic E-state index is 0.00824. The highest BCUT2D eigenvalue weighted by Gasteiger charge is 2.29. The fraction of sp³-hybridized carbons (Fsp3) is 0.733. The van der Waals surface area contributed by atoms with Crippen LogP contribution in [0.4, 0.5) is 0 Å². The molecule has 2 rings (SSSR count). The molecule has 1 fully saturated rings. The minimum Gasteiger partial charge on any atom is -0.375 e. The monoisotopic (exact) mass is 294 g/mol. The van der Waals surface area contributed by atoms with Crippen molar-refractivity contribution in [2.45, 2.75) is 52.3 Å². The first-order valence-electron chi connectivity index (χ1n) is 7.54. The number of nitrogens with one attached hydrogen (secondary N) is 2. The zero-order chi connectivity index (χ0) is 15.6. The smallest absolute Gasteiger partial charge is 0.240 e. The number of aryl methyl sites for hydroxylation is 2. The van der Waals surface area contributed by atoms with Crippen molar-refractivity contribution in [1.29, 1.82) is 0 Å². The van der Waals surface area contributed by atoms with Crippen molar-refractivity contribution in [2.75, 3.05) is 13.2 Å². The fourth-order valence-electron chi connectivity index (χ4n) is 2.83. The van der Waals surface area contributed by atoms with Gasteiger partial charge in [-0.3, -0.25) is 9.48 Å². The van der Waals surface area contributed by atoms with Crippen LogP contribution in [-0.2, 0) is 23.0 Å². The van der Waals surface area contributed by atoms with E-state index in [9.17, 15) is 4.79 Å². The molecule has 3 atom stereocenters. The first kappa shape index (κ1) is 16.0. The van der Waals surface area contributed by atoms with Gasteiger partial charge in [0.1, 0.15) is 6.04 Å². The summed E-state index contributed by atoms with van der Waals surface area (Å²) in [5.74, 6) is 0.00824. The summed E-state index contributed by atoms with van der Waals surface area (Å²) in [4.78, 5) is 12.3. The predicted molar refractivity (Wildman–Crippen MR) is 81.2 cm³/mol. The molecule has 1 saturated heterocycles. The van der Waals surface area contributed by atoms with E-state index < -0.39 is 0 Å². The Balaban J connectivity index is 1.95. The molecule has 6 nitrogen and oxygen atoms in total. The van der Waals surface area contributed by atoms with Crippen LogP contribution in [0.15, 0.2) is 0 Å². The lowest BCUT2D eigenvalue weighted by molar-refractivity contribution is -0.129. The molecule has 1 unspecified atom stereocenters. The van der Waals surface area contributed by atoms with Gasteiger partial charge in [0.2, 0.25) is 5.91 Å². The number of carbonyl (C=O) groups is 1. The SMILES string of the molecule is Cc1nn(C)c(C)c1CC(C)NC(=O)[C@H]1NCCO[C@@H]1C. The second-order valence-electron chi connectivity index (χ2n) is 5.89. The molecule has 0 saturated carbocycles. The lowest BCUT2D eigenvalue weighted by Gasteiger charge is -2.30. The summed E-state index contributed by atoms with van der Waals surface area (Å²) in [6, 6.07) is -0.202. The zero-order valence-corrected chi connectivity index (χ0v) is 13.6. The highest BCUT2D eigenvalue weighted by Crippen LogP contribution is 2.14. The Labute approximate surface area is 126 Å². The van der Waals surface area contributed by atoms with Gasteiger partial charge in [0, 0.05) is 25.3 Å². The maximum atomic E-state index is 12.3. The maximum Gasteiger partial charge on any atom is 0.240 e. The van der Waals surface area contributed by atoms with Crippen molar-refractivity contribution in [3.05, 3.63) is 17.0 Å². The van der Waals surface area contributed by atoms with Crippen molar-refractivity contribution in [2.24, 2.45) is 7.05 Å². The average Bonchev–Trinajstić information content (AvgIpc) is 2.65. The molecule has 0 spiro atoms. The second-order valence-corrected chi connectivity index (χ2v) is 5.89. The highest BCUT2D eigenvalue weighted by molar-refractivity contribution is 5.82. The van der Waals surface area contributed by atoms with Gasteiger partial charge in [-0.05, 0) is 39.7 Å². The first-order chi connectivity index (χ1) is 9.90. The Bertz CT molecular complexity index is 512. The van der Waals surface area contributed by atoms with Crippen LogP contribution in [0.25, 0.3) is 0 Å². The lowest BCUT2D eigenvalue weighted by Crippen LogP contribution is -2.56. The number of amides is 1. The van der Waals surface area contributed by atoms with Gasteiger partial charge in [0.05, 0.1) is 18.4 Å². The van der Waals surface area contributed by atoms with E-state index in [2.05, 4.69) is 22.7 Å². The molecule has 118 valence electrons. The maximum absolute atomic E-state index is 12.3. The molecule has 0 aromatic carbocycles. The van der Waals surface area contributed by atoms with Gasteiger partial charge < -0.3 is 15.4 Å². The number of ether oxygens (including phenoxy) is 1. The van der Waals surface area contributed by atoms with Crippen molar-refractivity contribution < 1.29 is 9.53 Å². The quantitative estimate of drug-likeness (QED) is 0.846. The number of hydrogen-bond acceptors (Lipinski definition) is 4. The van der Waals surface area contributed by atoms with Gasteiger partial charge in [-0.1, -0.05) is 0 Å². The van der Waals surface area contributed by atoms with E-state index >= 15 is 0 Å². The van der Waals surface area contributed by atoms with E-state index in [1.807, 2.05) is 32.5 Å². The molecular weight excluding hydrogens is 268 g/mol. The van der Waals surface area contributed by atoms with Crippen LogP contribution in [0, 0.1) is 13.8 Å². The fourth-order valence-corrected chi connectivity index (χ4v) is 2.83. The number of nitrogens with zero attached hydrogens (tertiary/aromatic N) is 2. The van der Waals surface area contributed by atoms with Crippen LogP contribution < -0.4 is 10.6 Å². The summed E-state index contributed by atoms with van der Waals surface area (Å²) in [6.45, 7) is 9.40. The van der Waals surface area contributed by atoms with E-state index in [1.54, 1.807) is 0 Å². The third-order valence-electron chi connectivity index (χ3n) is 4.16. The largest absolute Gasteiger partial charge is 0.375 e. The van der Waals surface area contributed by atoms with Gasteiger partial charge >= 0.3 is 0 Å². The first-order valence-corrected chi connectivity index (χ1v) is 7.54. The average molecular weight is 294 g/mol. The summed E-state index contributed by atoms with van der Waals surface area (Å²) in [5.41, 5.74) is 3.40. The lowest BCUT2D eigenvalue weighted by atomic mass is 10.0. The van der Waals surface area contributed by atoms with Crippen LogP contribution in [0.5, 0.6) is 0 Å². The summed E-state index contributed by atoms with van der Waals surface area (Å²) in [6.07, 6.45) is 0.701. The number of carbonyl (C=O) groups excluding carboxylic acids is 1. The van der Waals surface area contributed by atoms with Gasteiger partial charge in [-0.15, -0.1) is 0 Å². The third-order valence-corrected chi connectivity index (χ3v) is 4.16. The van der Waals surface area contributed by atoms with Crippen LogP contribution in [-0.4, -0.2) is 47.0 Å². The highest BCUT2D eigenvalue weighted by atomic mass is 16.5. The van der Waals surface area contributed by atoms with Gasteiger partial charge in [-0.2, -0.15) is 5.10 Å². The molecule has 1 aliphatic rings. The molecule has 6 heteroatoms. The van der Waals surface area contributed by atoms with Gasteiger partial charge in [0.25, 0.3) is 0 Å². The Hall–Kier alpha value is -1.40. The molecule has 0 aliphatic carbocycles. The Morgan fingerprint density at radius 1 is 1.57 bits per heavy atom. The van der Waals surface area contributed by atoms with Crippen molar-refractivity contribution in [3.63, 3.8) is 0 Å². The van der Waals surface area contributed by atoms with Crippen molar-refractivity contribution in [3.8, 4) is 0 Å². The molecule has 1 amide bonds. The van der Waals surface area contributed by atoms with E-state index in [1.165, 1.54) is 5.56 Å². The van der Waals surface area contributed by atoms with E-state index in [0.717, 1.165) is 24.4 Å². The summed E-state index contributed by atoms with van der Waals surface area (Å²) in [7, 11) is 1.94. The Morgan fingerprint density at radius 3 is 2.86 bits per heavy atom. The van der Waals surface area contributed by atoms with Gasteiger partial charge in [0.15, 0.2) is 0 Å². The summed E-state index contributed by atoms with van der Waals surface area (Å²) < 4.78 is 7.40. The molecule has 0 radical (unpaired) electrons. The number of aromatic nitrogens is 2. The summed E-state index contributed by atoms with van der Waals surface area (Å²) >= 11 is 0. The molecule has 2 N–H and O–H groups in total. The number of hydrogen-bond donors (Lipinski definition) is 2. The zero-order valence-electron chi connectivity index (χ0n) is 13.6. The standard InChI is InChI=1S/C15H26N4O2/c1-9(8-13-10(2)18-19(5)11(13)3)17-15(20)14-12(4)21-7-6-16-14/h9,12,14,16H,6-8H2,1-5H3,(H,17,20)/t9?,12-,14+/m1/s1.